The van der Waals surface area contributed by atoms with Gasteiger partial charge in [0, 0.05) is 18.2 Å². The van der Waals surface area contributed by atoms with Gasteiger partial charge in [-0.05, 0) is 97.6 Å². The maximum atomic E-state index is 10.1. The number of nitrogens with two attached hydrogens (primary N) is 2. The van der Waals surface area contributed by atoms with Crippen LogP contribution in [0.15, 0.2) is 54.6 Å². The summed E-state index contributed by atoms with van der Waals surface area (Å²) in [4.78, 5) is 0. The average Bonchev–Trinajstić information content (AvgIpc) is 2.79. The van der Waals surface area contributed by atoms with Gasteiger partial charge in [-0.1, -0.05) is 6.07 Å². The van der Waals surface area contributed by atoms with Crippen LogP contribution in [0.1, 0.15) is 43.6 Å². The molecule has 34 heavy (non-hydrogen) atoms. The predicted octanol–water partition coefficient (Wildman–Crippen LogP) is 6.39. The minimum Gasteiger partial charge on any atom is -0.506 e. The molecule has 0 radical (unpaired) electrons. The van der Waals surface area contributed by atoms with Crippen LogP contribution in [0.3, 0.4) is 0 Å². The Morgan fingerprint density at radius 3 is 1.68 bits per heavy atom. The van der Waals surface area contributed by atoms with E-state index < -0.39 is 0 Å². The fourth-order valence-corrected chi connectivity index (χ4v) is 6.81. The summed E-state index contributed by atoms with van der Waals surface area (Å²) in [6.07, 6.45) is 6.64. The molecule has 0 aromatic heterocycles. The molecular weight excluding hydrogens is 428 g/mol. The molecule has 0 amide bonds. The number of ether oxygens (including phenoxy) is 2. The third-order valence-corrected chi connectivity index (χ3v) is 8.04. The van der Waals surface area contributed by atoms with Gasteiger partial charge in [0.15, 0.2) is 0 Å². The van der Waals surface area contributed by atoms with Crippen LogP contribution in [0, 0.1) is 23.7 Å². The van der Waals surface area contributed by atoms with E-state index in [0.29, 0.717) is 46.4 Å². The number of phenolic OH excluding ortho intramolecular Hbond substituents is 2. The Labute approximate surface area is 199 Å². The zero-order valence-electron chi connectivity index (χ0n) is 19.0. The fraction of sp³-hybridized carbons (Fsp3) is 0.357. The molecule has 6 heteroatoms. The molecule has 4 aliphatic rings. The summed E-state index contributed by atoms with van der Waals surface area (Å²) >= 11 is 0. The molecule has 0 saturated heterocycles. The van der Waals surface area contributed by atoms with E-state index in [4.69, 9.17) is 20.9 Å². The topological polar surface area (TPSA) is 111 Å². The maximum absolute atomic E-state index is 10.1. The molecule has 4 saturated carbocycles. The molecule has 3 aromatic rings. The number of aromatic hydroxyl groups is 2. The van der Waals surface area contributed by atoms with Crippen molar-refractivity contribution in [1.29, 1.82) is 0 Å². The van der Waals surface area contributed by atoms with Crippen molar-refractivity contribution >= 4 is 11.4 Å². The molecule has 6 N–H and O–H groups in total. The summed E-state index contributed by atoms with van der Waals surface area (Å²) < 4.78 is 12.4. The normalized spacial score (nSPS) is 27.0. The lowest BCUT2D eigenvalue weighted by Gasteiger charge is -2.54. The second-order valence-electron chi connectivity index (χ2n) is 10.3. The zero-order chi connectivity index (χ0) is 23.4. The number of phenols is 2. The maximum Gasteiger partial charge on any atom is 0.142 e. The van der Waals surface area contributed by atoms with Gasteiger partial charge in [-0.3, -0.25) is 0 Å². The molecule has 0 aliphatic heterocycles. The Balaban J connectivity index is 1.36. The summed E-state index contributed by atoms with van der Waals surface area (Å²) in [5, 5.41) is 20.0. The molecule has 3 aromatic carbocycles. The molecule has 176 valence electrons. The lowest BCUT2D eigenvalue weighted by Crippen LogP contribution is -2.43. The van der Waals surface area contributed by atoms with E-state index in [1.54, 1.807) is 30.3 Å². The van der Waals surface area contributed by atoms with Crippen molar-refractivity contribution in [2.24, 2.45) is 23.7 Å². The van der Waals surface area contributed by atoms with Gasteiger partial charge < -0.3 is 31.2 Å². The second kappa shape index (κ2) is 8.05. The SMILES string of the molecule is Nc1ccc(Oc2ccc(C3C4CC5CC(C4)CC3C5)c(Oc3ccc(N)c(O)c3)c2)cc1O. The van der Waals surface area contributed by atoms with Crippen LogP contribution in [0.5, 0.6) is 34.5 Å². The Kier molecular flexibility index (Phi) is 4.97. The molecule has 7 rings (SSSR count). The van der Waals surface area contributed by atoms with Gasteiger partial charge in [0.05, 0.1) is 11.4 Å². The van der Waals surface area contributed by atoms with E-state index in [0.717, 1.165) is 17.6 Å². The highest BCUT2D eigenvalue weighted by molar-refractivity contribution is 5.57. The predicted molar refractivity (Wildman–Crippen MR) is 131 cm³/mol. The van der Waals surface area contributed by atoms with Crippen LogP contribution < -0.4 is 20.9 Å². The van der Waals surface area contributed by atoms with Crippen molar-refractivity contribution in [3.8, 4) is 34.5 Å². The molecule has 0 spiro atoms. The van der Waals surface area contributed by atoms with Crippen LogP contribution in [0.4, 0.5) is 11.4 Å². The molecule has 4 bridgehead atoms. The second-order valence-corrected chi connectivity index (χ2v) is 10.3. The van der Waals surface area contributed by atoms with Gasteiger partial charge in [0.1, 0.15) is 34.5 Å². The van der Waals surface area contributed by atoms with Gasteiger partial charge in [-0.25, -0.2) is 0 Å². The lowest BCUT2D eigenvalue weighted by molar-refractivity contribution is -0.00337. The highest BCUT2D eigenvalue weighted by Gasteiger charge is 2.49. The van der Waals surface area contributed by atoms with E-state index in [1.807, 2.05) is 12.1 Å². The molecular formula is C28H30N2O4. The van der Waals surface area contributed by atoms with Crippen LogP contribution in [0.25, 0.3) is 0 Å². The molecule has 0 atom stereocenters. The van der Waals surface area contributed by atoms with E-state index in [-0.39, 0.29) is 11.5 Å². The minimum atomic E-state index is -0.0171. The summed E-state index contributed by atoms with van der Waals surface area (Å²) in [7, 11) is 0. The standard InChI is InChI=1S/C28H30N2O4/c29-23-5-2-19(12-25(23)31)33-21-1-4-22(27(14-21)34-20-3-6-24(30)26(32)13-20)28-17-8-15-7-16(10-17)11-18(28)9-15/h1-6,12-18,28,31-32H,7-11,29-30H2. The highest BCUT2D eigenvalue weighted by atomic mass is 16.5. The van der Waals surface area contributed by atoms with Crippen molar-refractivity contribution < 1.29 is 19.7 Å². The number of hydrogen-bond donors (Lipinski definition) is 4. The third-order valence-electron chi connectivity index (χ3n) is 8.04. The van der Waals surface area contributed by atoms with E-state index in [1.165, 1.54) is 43.7 Å². The lowest BCUT2D eigenvalue weighted by atomic mass is 9.50. The summed E-state index contributed by atoms with van der Waals surface area (Å²) in [5.41, 5.74) is 13.3. The largest absolute Gasteiger partial charge is 0.506 e. The Morgan fingerprint density at radius 2 is 1.12 bits per heavy atom. The monoisotopic (exact) mass is 458 g/mol. The van der Waals surface area contributed by atoms with Crippen molar-refractivity contribution in [2.75, 3.05) is 11.5 Å². The number of anilines is 2. The van der Waals surface area contributed by atoms with Crippen LogP contribution >= 0.6 is 0 Å². The van der Waals surface area contributed by atoms with E-state index in [2.05, 4.69) is 6.07 Å². The van der Waals surface area contributed by atoms with Crippen LogP contribution in [-0.4, -0.2) is 10.2 Å². The molecule has 0 unspecified atom stereocenters. The number of nitrogen functional groups attached to an aromatic ring is 2. The molecule has 4 aliphatic carbocycles. The number of rotatable bonds is 5. The smallest absolute Gasteiger partial charge is 0.142 e. The summed E-state index contributed by atoms with van der Waals surface area (Å²) in [6, 6.07) is 15.8. The number of benzene rings is 3. The van der Waals surface area contributed by atoms with Crippen LogP contribution in [-0.2, 0) is 0 Å². The number of hydrogen-bond acceptors (Lipinski definition) is 6. The van der Waals surface area contributed by atoms with Gasteiger partial charge >= 0.3 is 0 Å². The first-order chi connectivity index (χ1) is 16.4. The minimum absolute atomic E-state index is 0.00146. The Bertz CT molecular complexity index is 1210. The highest BCUT2D eigenvalue weighted by Crippen LogP contribution is 2.61. The van der Waals surface area contributed by atoms with Crippen molar-refractivity contribution in [3.63, 3.8) is 0 Å². The zero-order valence-corrected chi connectivity index (χ0v) is 19.0. The van der Waals surface area contributed by atoms with Crippen LogP contribution in [0.2, 0.25) is 0 Å². The van der Waals surface area contributed by atoms with Gasteiger partial charge in [-0.2, -0.15) is 0 Å². The first-order valence-corrected chi connectivity index (χ1v) is 12.1. The fourth-order valence-electron chi connectivity index (χ4n) is 6.81. The quantitative estimate of drug-likeness (QED) is 0.261. The van der Waals surface area contributed by atoms with Gasteiger partial charge in [-0.15, -0.1) is 0 Å². The van der Waals surface area contributed by atoms with Crippen molar-refractivity contribution in [2.45, 2.75) is 38.0 Å². The summed E-state index contributed by atoms with van der Waals surface area (Å²) in [5.74, 6) is 5.97. The van der Waals surface area contributed by atoms with E-state index >= 15 is 0 Å². The van der Waals surface area contributed by atoms with E-state index in [9.17, 15) is 10.2 Å². The van der Waals surface area contributed by atoms with Gasteiger partial charge in [0.25, 0.3) is 0 Å². The van der Waals surface area contributed by atoms with Gasteiger partial charge in [0.2, 0.25) is 0 Å². The third kappa shape index (κ3) is 3.77. The summed E-state index contributed by atoms with van der Waals surface area (Å²) in [6.45, 7) is 0. The molecule has 0 heterocycles. The Morgan fingerprint density at radius 1 is 0.618 bits per heavy atom. The Hall–Kier alpha value is -3.54. The molecule has 4 fully saturated rings. The van der Waals surface area contributed by atoms with Crippen molar-refractivity contribution in [3.05, 3.63) is 60.2 Å². The van der Waals surface area contributed by atoms with Crippen molar-refractivity contribution in [1.82, 2.24) is 0 Å². The molecule has 6 nitrogen and oxygen atoms in total. The first kappa shape index (κ1) is 21.0. The average molecular weight is 459 g/mol. The first-order valence-electron chi connectivity index (χ1n) is 12.1.